The predicted octanol–water partition coefficient (Wildman–Crippen LogP) is 2.72. The molecule has 1 aliphatic heterocycles. The number of nitrogens with two attached hydrogens (primary N) is 1. The maximum atomic E-state index is 12.0. The largest absolute Gasteiger partial charge is 0.489 e. The second-order valence-corrected chi connectivity index (χ2v) is 6.44. The van der Waals surface area contributed by atoms with Crippen LogP contribution in [0.2, 0.25) is 0 Å². The van der Waals surface area contributed by atoms with Gasteiger partial charge in [0.15, 0.2) is 17.1 Å². The topological polar surface area (TPSA) is 91.0 Å². The van der Waals surface area contributed by atoms with E-state index in [1.165, 1.54) is 0 Å². The van der Waals surface area contributed by atoms with Crippen LogP contribution in [0.25, 0.3) is 0 Å². The molecule has 6 nitrogen and oxygen atoms in total. The summed E-state index contributed by atoms with van der Waals surface area (Å²) in [4.78, 5) is 12.0. The molecule has 3 aromatic rings. The van der Waals surface area contributed by atoms with Crippen molar-refractivity contribution >= 4 is 5.91 Å². The molecule has 0 bridgehead atoms. The van der Waals surface area contributed by atoms with Gasteiger partial charge in [0.25, 0.3) is 5.91 Å². The zero-order chi connectivity index (χ0) is 19.6. The fourth-order valence-corrected chi connectivity index (χ4v) is 3.12. The van der Waals surface area contributed by atoms with E-state index in [1.54, 1.807) is 54.6 Å². The lowest BCUT2D eigenvalue weighted by atomic mass is 9.86. The normalized spacial score (nSPS) is 14.3. The number of primary amides is 1. The minimum atomic E-state index is -1.91. The maximum absolute atomic E-state index is 12.0. The van der Waals surface area contributed by atoms with Crippen LogP contribution in [0.5, 0.6) is 17.2 Å². The lowest BCUT2D eigenvalue weighted by Crippen LogP contribution is -2.42. The molecule has 142 valence electrons. The Balaban J connectivity index is 1.51. The molecule has 4 rings (SSSR count). The van der Waals surface area contributed by atoms with E-state index in [2.05, 4.69) is 0 Å². The van der Waals surface area contributed by atoms with Gasteiger partial charge in [-0.3, -0.25) is 4.79 Å². The molecular formula is C22H19NO5. The number of hydrogen-bond donors (Lipinski definition) is 2. The van der Waals surface area contributed by atoms with Gasteiger partial charge in [-0.1, -0.05) is 48.5 Å². The van der Waals surface area contributed by atoms with E-state index in [-0.39, 0.29) is 6.79 Å². The van der Waals surface area contributed by atoms with E-state index >= 15 is 0 Å². The minimum absolute atomic E-state index is 0.227. The minimum Gasteiger partial charge on any atom is -0.489 e. The van der Waals surface area contributed by atoms with E-state index < -0.39 is 11.5 Å². The van der Waals surface area contributed by atoms with Crippen molar-refractivity contribution in [3.63, 3.8) is 0 Å². The molecule has 28 heavy (non-hydrogen) atoms. The first-order chi connectivity index (χ1) is 13.6. The van der Waals surface area contributed by atoms with Gasteiger partial charge in [-0.15, -0.1) is 0 Å². The SMILES string of the molecule is NC(=O)C(O)(c1ccccc1)c1ccc(OCc2ccc3c(c2)OCO3)cc1. The first-order valence-corrected chi connectivity index (χ1v) is 8.77. The molecule has 0 fully saturated rings. The lowest BCUT2D eigenvalue weighted by molar-refractivity contribution is -0.133. The number of fused-ring (bicyclic) bond motifs is 1. The van der Waals surface area contributed by atoms with Crippen LogP contribution in [0.15, 0.2) is 72.8 Å². The second kappa shape index (κ2) is 7.25. The highest BCUT2D eigenvalue weighted by atomic mass is 16.7. The lowest BCUT2D eigenvalue weighted by Gasteiger charge is -2.25. The molecule has 0 aliphatic carbocycles. The van der Waals surface area contributed by atoms with Crippen LogP contribution in [0.3, 0.4) is 0 Å². The van der Waals surface area contributed by atoms with Crippen LogP contribution in [-0.4, -0.2) is 17.8 Å². The second-order valence-electron chi connectivity index (χ2n) is 6.44. The highest BCUT2D eigenvalue weighted by Gasteiger charge is 2.38. The van der Waals surface area contributed by atoms with Gasteiger partial charge < -0.3 is 25.1 Å². The molecular weight excluding hydrogens is 358 g/mol. The Labute approximate surface area is 162 Å². The van der Waals surface area contributed by atoms with Gasteiger partial charge in [-0.2, -0.15) is 0 Å². The third kappa shape index (κ3) is 3.25. The molecule has 1 unspecified atom stereocenters. The third-order valence-electron chi connectivity index (χ3n) is 4.66. The van der Waals surface area contributed by atoms with Crippen molar-refractivity contribution in [1.29, 1.82) is 0 Å². The fourth-order valence-electron chi connectivity index (χ4n) is 3.12. The highest BCUT2D eigenvalue weighted by Crippen LogP contribution is 2.33. The summed E-state index contributed by atoms with van der Waals surface area (Å²) in [5.41, 5.74) is 5.33. The molecule has 0 saturated heterocycles. The standard InChI is InChI=1S/C22H19NO5/c23-21(24)22(25,16-4-2-1-3-5-16)17-7-9-18(10-8-17)26-13-15-6-11-19-20(12-15)28-14-27-19/h1-12,25H,13-14H2,(H2,23,24). The average molecular weight is 377 g/mol. The molecule has 0 aromatic heterocycles. The molecule has 1 atom stereocenters. The van der Waals surface area contributed by atoms with Crippen LogP contribution in [0, 0.1) is 0 Å². The van der Waals surface area contributed by atoms with Crippen LogP contribution in [-0.2, 0) is 17.0 Å². The number of carbonyl (C=O) groups is 1. The Kier molecular flexibility index (Phi) is 4.63. The summed E-state index contributed by atoms with van der Waals surface area (Å²) in [6.07, 6.45) is 0. The summed E-state index contributed by atoms with van der Waals surface area (Å²) >= 11 is 0. The summed E-state index contributed by atoms with van der Waals surface area (Å²) in [7, 11) is 0. The average Bonchev–Trinajstić information content (AvgIpc) is 3.20. The molecule has 1 amide bonds. The molecule has 3 aromatic carbocycles. The van der Waals surface area contributed by atoms with Crippen LogP contribution < -0.4 is 19.9 Å². The predicted molar refractivity (Wildman–Crippen MR) is 102 cm³/mol. The maximum Gasteiger partial charge on any atom is 0.258 e. The zero-order valence-corrected chi connectivity index (χ0v) is 15.0. The first kappa shape index (κ1) is 17.9. The van der Waals surface area contributed by atoms with Crippen LogP contribution >= 0.6 is 0 Å². The molecule has 1 heterocycles. The number of rotatable bonds is 6. The summed E-state index contributed by atoms with van der Waals surface area (Å²) in [6, 6.07) is 20.9. The van der Waals surface area contributed by atoms with E-state index in [0.717, 1.165) is 11.3 Å². The van der Waals surface area contributed by atoms with Gasteiger partial charge in [-0.25, -0.2) is 0 Å². The number of benzene rings is 3. The van der Waals surface area contributed by atoms with Gasteiger partial charge >= 0.3 is 0 Å². The Bertz CT molecular complexity index is 988. The number of aliphatic hydroxyl groups is 1. The third-order valence-corrected chi connectivity index (χ3v) is 4.66. The van der Waals surface area contributed by atoms with Crippen molar-refractivity contribution < 1.29 is 24.1 Å². The molecule has 0 radical (unpaired) electrons. The van der Waals surface area contributed by atoms with E-state index in [4.69, 9.17) is 19.9 Å². The van der Waals surface area contributed by atoms with Crippen molar-refractivity contribution in [3.05, 3.63) is 89.5 Å². The van der Waals surface area contributed by atoms with E-state index in [1.807, 2.05) is 18.2 Å². The Morgan fingerprint density at radius 1 is 0.964 bits per heavy atom. The quantitative estimate of drug-likeness (QED) is 0.689. The van der Waals surface area contributed by atoms with E-state index in [9.17, 15) is 9.90 Å². The van der Waals surface area contributed by atoms with Crippen LogP contribution in [0.4, 0.5) is 0 Å². The molecule has 0 saturated carbocycles. The number of ether oxygens (including phenoxy) is 3. The summed E-state index contributed by atoms with van der Waals surface area (Å²) in [6.45, 7) is 0.569. The monoisotopic (exact) mass is 377 g/mol. The van der Waals surface area contributed by atoms with Crippen molar-refractivity contribution in [2.45, 2.75) is 12.2 Å². The summed E-state index contributed by atoms with van der Waals surface area (Å²) < 4.78 is 16.4. The van der Waals surface area contributed by atoms with Crippen molar-refractivity contribution in [3.8, 4) is 17.2 Å². The van der Waals surface area contributed by atoms with Crippen molar-refractivity contribution in [2.24, 2.45) is 5.73 Å². The molecule has 3 N–H and O–H groups in total. The van der Waals surface area contributed by atoms with Gasteiger partial charge in [0.2, 0.25) is 6.79 Å². The molecule has 1 aliphatic rings. The fraction of sp³-hybridized carbons (Fsp3) is 0.136. The van der Waals surface area contributed by atoms with Gasteiger partial charge in [0.1, 0.15) is 12.4 Å². The number of amides is 1. The van der Waals surface area contributed by atoms with Gasteiger partial charge in [0, 0.05) is 0 Å². The number of hydrogen-bond acceptors (Lipinski definition) is 5. The Morgan fingerprint density at radius 3 is 2.36 bits per heavy atom. The summed E-state index contributed by atoms with van der Waals surface area (Å²) in [5, 5.41) is 11.0. The molecule has 0 spiro atoms. The first-order valence-electron chi connectivity index (χ1n) is 8.77. The summed E-state index contributed by atoms with van der Waals surface area (Å²) in [5.74, 6) is 1.18. The highest BCUT2D eigenvalue weighted by molar-refractivity contribution is 5.88. The van der Waals surface area contributed by atoms with Crippen molar-refractivity contribution in [2.75, 3.05) is 6.79 Å². The number of carbonyl (C=O) groups excluding carboxylic acids is 1. The van der Waals surface area contributed by atoms with Gasteiger partial charge in [-0.05, 0) is 41.0 Å². The zero-order valence-electron chi connectivity index (χ0n) is 15.0. The van der Waals surface area contributed by atoms with Crippen LogP contribution in [0.1, 0.15) is 16.7 Å². The van der Waals surface area contributed by atoms with Gasteiger partial charge in [0.05, 0.1) is 0 Å². The Morgan fingerprint density at radius 2 is 1.64 bits per heavy atom. The smallest absolute Gasteiger partial charge is 0.258 e. The molecule has 6 heteroatoms. The Hall–Kier alpha value is -3.51. The van der Waals surface area contributed by atoms with Crippen molar-refractivity contribution in [1.82, 2.24) is 0 Å². The van der Waals surface area contributed by atoms with E-state index in [0.29, 0.717) is 29.2 Å².